The van der Waals surface area contributed by atoms with Crippen LogP contribution in [0.1, 0.15) is 105 Å². The van der Waals surface area contributed by atoms with E-state index in [0.29, 0.717) is 0 Å². The van der Waals surface area contributed by atoms with Crippen molar-refractivity contribution >= 4 is 0 Å². The molecule has 0 aromatic rings. The Morgan fingerprint density at radius 1 is 0.810 bits per heavy atom. The third-order valence-electron chi connectivity index (χ3n) is 6.14. The normalized spacial score (nSPS) is 25.6. The summed E-state index contributed by atoms with van der Waals surface area (Å²) in [5.41, 5.74) is 0. The Kier molecular flexibility index (Phi) is 9.69. The van der Waals surface area contributed by atoms with Crippen molar-refractivity contribution in [3.05, 3.63) is 0 Å². The van der Waals surface area contributed by atoms with Gasteiger partial charge in [-0.1, -0.05) is 98.8 Å². The van der Waals surface area contributed by atoms with Crippen LogP contribution in [0.15, 0.2) is 0 Å². The van der Waals surface area contributed by atoms with E-state index in [1.165, 1.54) is 64.2 Å². The monoisotopic (exact) mass is 294 g/mol. The van der Waals surface area contributed by atoms with Gasteiger partial charge in [0.2, 0.25) is 0 Å². The second-order valence-corrected chi connectivity index (χ2v) is 7.94. The van der Waals surface area contributed by atoms with E-state index >= 15 is 0 Å². The summed E-state index contributed by atoms with van der Waals surface area (Å²) >= 11 is 0. The topological polar surface area (TPSA) is 0 Å². The maximum absolute atomic E-state index is 2.55. The van der Waals surface area contributed by atoms with E-state index in [1.807, 2.05) is 0 Å². The van der Waals surface area contributed by atoms with Crippen LogP contribution in [0.4, 0.5) is 0 Å². The van der Waals surface area contributed by atoms with Crippen LogP contribution in [0.25, 0.3) is 0 Å². The smallest absolute Gasteiger partial charge is 0.0352 e. The third-order valence-corrected chi connectivity index (χ3v) is 6.14. The molecule has 5 unspecified atom stereocenters. The fourth-order valence-electron chi connectivity index (χ4n) is 4.48. The third kappa shape index (κ3) is 6.74. The Bertz CT molecular complexity index is 244. The molecule has 126 valence electrons. The highest BCUT2D eigenvalue weighted by molar-refractivity contribution is 4.93. The first-order valence-electron chi connectivity index (χ1n) is 10.2. The number of hydrogen-bond acceptors (Lipinski definition) is 0. The molecule has 0 spiro atoms. The zero-order chi connectivity index (χ0) is 15.7. The zero-order valence-electron chi connectivity index (χ0n) is 15.7. The lowest BCUT2D eigenvalue weighted by molar-refractivity contribution is 0.202. The van der Waals surface area contributed by atoms with Crippen LogP contribution in [0.5, 0.6) is 0 Å². The molecule has 0 N–H and O–H groups in total. The van der Waals surface area contributed by atoms with Crippen LogP contribution in [-0.2, 0) is 0 Å². The van der Waals surface area contributed by atoms with Gasteiger partial charge in [0.25, 0.3) is 0 Å². The second kappa shape index (κ2) is 10.7. The summed E-state index contributed by atoms with van der Waals surface area (Å²) in [5, 5.41) is 0. The van der Waals surface area contributed by atoms with Gasteiger partial charge in [0.1, 0.15) is 0 Å². The van der Waals surface area contributed by atoms with Crippen LogP contribution < -0.4 is 0 Å². The predicted molar refractivity (Wildman–Crippen MR) is 96.6 cm³/mol. The molecule has 1 rings (SSSR count). The average Bonchev–Trinajstić information content (AvgIpc) is 3.23. The summed E-state index contributed by atoms with van der Waals surface area (Å²) in [7, 11) is 0. The van der Waals surface area contributed by atoms with Gasteiger partial charge in [-0.05, 0) is 36.0 Å². The molecule has 0 heteroatoms. The Hall–Kier alpha value is 0. The summed E-state index contributed by atoms with van der Waals surface area (Å²) in [6, 6.07) is 0. The fourth-order valence-corrected chi connectivity index (χ4v) is 4.48. The van der Waals surface area contributed by atoms with Gasteiger partial charge >= 0.3 is 0 Å². The van der Waals surface area contributed by atoms with E-state index in [4.69, 9.17) is 0 Å². The number of rotatable bonds is 13. The summed E-state index contributed by atoms with van der Waals surface area (Å²) < 4.78 is 0. The average molecular weight is 295 g/mol. The van der Waals surface area contributed by atoms with E-state index in [0.717, 1.165) is 29.6 Å². The number of unbranched alkanes of at least 4 members (excludes halogenated alkanes) is 4. The molecule has 0 radical (unpaired) electrons. The first-order valence-corrected chi connectivity index (χ1v) is 10.2. The molecule has 0 aromatic heterocycles. The molecule has 0 saturated heterocycles. The zero-order valence-corrected chi connectivity index (χ0v) is 15.7. The molecular weight excluding hydrogens is 252 g/mol. The van der Waals surface area contributed by atoms with E-state index in [2.05, 4.69) is 34.6 Å². The molecule has 1 fully saturated rings. The predicted octanol–water partition coefficient (Wildman–Crippen LogP) is 7.47. The molecule has 1 aliphatic carbocycles. The quantitative estimate of drug-likeness (QED) is 0.309. The van der Waals surface area contributed by atoms with Crippen molar-refractivity contribution in [1.82, 2.24) is 0 Å². The van der Waals surface area contributed by atoms with E-state index < -0.39 is 0 Å². The number of hydrogen-bond donors (Lipinski definition) is 0. The first kappa shape index (κ1) is 19.0. The Morgan fingerprint density at radius 2 is 1.48 bits per heavy atom. The van der Waals surface area contributed by atoms with Gasteiger partial charge in [-0.25, -0.2) is 0 Å². The molecule has 0 heterocycles. The van der Waals surface area contributed by atoms with Crippen LogP contribution in [0.2, 0.25) is 0 Å². The minimum absolute atomic E-state index is 0.928. The van der Waals surface area contributed by atoms with Gasteiger partial charge in [-0.2, -0.15) is 0 Å². The largest absolute Gasteiger partial charge is 0.0654 e. The van der Waals surface area contributed by atoms with Crippen molar-refractivity contribution in [1.29, 1.82) is 0 Å². The van der Waals surface area contributed by atoms with Crippen molar-refractivity contribution in [2.24, 2.45) is 29.6 Å². The Morgan fingerprint density at radius 3 is 2.10 bits per heavy atom. The maximum Gasteiger partial charge on any atom is -0.0352 e. The molecule has 5 atom stereocenters. The minimum Gasteiger partial charge on any atom is -0.0654 e. The lowest BCUT2D eigenvalue weighted by Crippen LogP contribution is -2.21. The van der Waals surface area contributed by atoms with Crippen molar-refractivity contribution < 1.29 is 0 Å². The SMILES string of the molecule is CCCCCCCC1CC1C(CCC)C(C)C(C)CCC. The molecule has 21 heavy (non-hydrogen) atoms. The van der Waals surface area contributed by atoms with Crippen LogP contribution in [0.3, 0.4) is 0 Å². The first-order chi connectivity index (χ1) is 10.2. The summed E-state index contributed by atoms with van der Waals surface area (Å²) in [6.07, 6.45) is 16.0. The molecule has 0 nitrogen and oxygen atoms in total. The fraction of sp³-hybridized carbons (Fsp3) is 1.00. The summed E-state index contributed by atoms with van der Waals surface area (Å²) in [5.74, 6) is 5.08. The Balaban J connectivity index is 2.31. The van der Waals surface area contributed by atoms with Crippen molar-refractivity contribution in [2.75, 3.05) is 0 Å². The van der Waals surface area contributed by atoms with E-state index in [-0.39, 0.29) is 0 Å². The summed E-state index contributed by atoms with van der Waals surface area (Å²) in [4.78, 5) is 0. The van der Waals surface area contributed by atoms with Gasteiger partial charge < -0.3 is 0 Å². The second-order valence-electron chi connectivity index (χ2n) is 7.94. The van der Waals surface area contributed by atoms with Crippen LogP contribution in [0, 0.1) is 29.6 Å². The van der Waals surface area contributed by atoms with Gasteiger partial charge in [-0.15, -0.1) is 0 Å². The minimum atomic E-state index is 0.928. The lowest BCUT2D eigenvalue weighted by Gasteiger charge is -2.29. The molecular formula is C21H42. The lowest BCUT2D eigenvalue weighted by atomic mass is 9.76. The van der Waals surface area contributed by atoms with Crippen molar-refractivity contribution in [3.8, 4) is 0 Å². The Labute approximate surface area is 135 Å². The van der Waals surface area contributed by atoms with Crippen molar-refractivity contribution in [3.63, 3.8) is 0 Å². The van der Waals surface area contributed by atoms with E-state index in [9.17, 15) is 0 Å². The molecule has 0 aliphatic heterocycles. The molecule has 1 aliphatic rings. The van der Waals surface area contributed by atoms with Crippen molar-refractivity contribution in [2.45, 2.75) is 105 Å². The van der Waals surface area contributed by atoms with Gasteiger partial charge in [-0.3, -0.25) is 0 Å². The van der Waals surface area contributed by atoms with Gasteiger partial charge in [0.15, 0.2) is 0 Å². The van der Waals surface area contributed by atoms with Crippen LogP contribution >= 0.6 is 0 Å². The highest BCUT2D eigenvalue weighted by Crippen LogP contribution is 2.52. The molecule has 1 saturated carbocycles. The molecule has 0 aromatic carbocycles. The summed E-state index contributed by atoms with van der Waals surface area (Å²) in [6.45, 7) is 12.1. The van der Waals surface area contributed by atoms with Crippen LogP contribution in [-0.4, -0.2) is 0 Å². The standard InChI is InChI=1S/C21H42/c1-6-9-10-11-12-15-19-16-21(19)20(14-8-3)18(5)17(4)13-7-2/h17-21H,6-16H2,1-5H3. The van der Waals surface area contributed by atoms with Gasteiger partial charge in [0.05, 0.1) is 0 Å². The highest BCUT2D eigenvalue weighted by atomic mass is 14.5. The maximum atomic E-state index is 2.55. The molecule has 0 amide bonds. The molecule has 0 bridgehead atoms. The van der Waals surface area contributed by atoms with Gasteiger partial charge in [0, 0.05) is 0 Å². The highest BCUT2D eigenvalue weighted by Gasteiger charge is 2.44. The van der Waals surface area contributed by atoms with E-state index in [1.54, 1.807) is 6.42 Å².